The number of hydrogen-bond acceptors (Lipinski definition) is 6. The van der Waals surface area contributed by atoms with Crippen LogP contribution in [0.15, 0.2) is 27.4 Å². The average Bonchev–Trinajstić information content (AvgIpc) is 2.64. The maximum Gasteiger partial charge on any atom is 0.336 e. The number of fused-ring (bicyclic) bond motifs is 3. The molecular formula is C23H28O6. The van der Waals surface area contributed by atoms with Crippen LogP contribution in [-0.2, 0) is 16.0 Å². The third-order valence-electron chi connectivity index (χ3n) is 4.93. The minimum atomic E-state index is -0.833. The molecule has 156 valence electrons. The van der Waals surface area contributed by atoms with E-state index in [4.69, 9.17) is 18.6 Å². The molecule has 0 unspecified atom stereocenters. The van der Waals surface area contributed by atoms with E-state index in [2.05, 4.69) is 6.92 Å². The number of carbonyl (C=O) groups is 1. The number of ether oxygens (including phenoxy) is 3. The van der Waals surface area contributed by atoms with Gasteiger partial charge in [0.05, 0.1) is 23.5 Å². The monoisotopic (exact) mass is 400 g/mol. The normalized spacial score (nSPS) is 15.0. The standard InChI is InChI=1S/C23H28O6/c1-7-8-14-11-18(24)28-17-12-16(27-13-22(2,3)21(25)26-6)15-9-10-23(4,5)29-20(15)19(14)17/h9-12H,7-8,13H2,1-6H3. The van der Waals surface area contributed by atoms with E-state index in [0.717, 1.165) is 29.4 Å². The molecule has 0 atom stereocenters. The van der Waals surface area contributed by atoms with Gasteiger partial charge in [0.2, 0.25) is 0 Å². The van der Waals surface area contributed by atoms with Crippen LogP contribution in [0.1, 0.15) is 52.2 Å². The molecule has 0 saturated heterocycles. The minimum Gasteiger partial charge on any atom is -0.492 e. The average molecular weight is 400 g/mol. The lowest BCUT2D eigenvalue weighted by Gasteiger charge is -2.30. The lowest BCUT2D eigenvalue weighted by molar-refractivity contribution is -0.152. The van der Waals surface area contributed by atoms with E-state index in [-0.39, 0.29) is 12.6 Å². The summed E-state index contributed by atoms with van der Waals surface area (Å²) in [5.41, 5.74) is 0.318. The van der Waals surface area contributed by atoms with Crippen LogP contribution in [0, 0.1) is 5.41 Å². The highest BCUT2D eigenvalue weighted by Gasteiger charge is 2.32. The van der Waals surface area contributed by atoms with Crippen LogP contribution in [0.25, 0.3) is 17.0 Å². The summed E-state index contributed by atoms with van der Waals surface area (Å²) in [5, 5.41) is 0.790. The van der Waals surface area contributed by atoms with Gasteiger partial charge in [0.15, 0.2) is 0 Å². The summed E-state index contributed by atoms with van der Waals surface area (Å²) in [6, 6.07) is 3.23. The van der Waals surface area contributed by atoms with Gasteiger partial charge in [0, 0.05) is 12.1 Å². The highest BCUT2D eigenvalue weighted by atomic mass is 16.5. The molecule has 0 spiro atoms. The second-order valence-electron chi connectivity index (χ2n) is 8.53. The summed E-state index contributed by atoms with van der Waals surface area (Å²) in [4.78, 5) is 24.1. The maximum absolute atomic E-state index is 12.1. The minimum absolute atomic E-state index is 0.105. The lowest BCUT2D eigenvalue weighted by atomic mass is 9.94. The van der Waals surface area contributed by atoms with E-state index < -0.39 is 16.6 Å². The molecule has 1 aromatic carbocycles. The molecule has 3 rings (SSSR count). The van der Waals surface area contributed by atoms with E-state index in [1.165, 1.54) is 13.2 Å². The number of benzene rings is 1. The molecule has 0 bridgehead atoms. The lowest BCUT2D eigenvalue weighted by Crippen LogP contribution is -2.32. The first-order valence-electron chi connectivity index (χ1n) is 9.81. The molecular weight excluding hydrogens is 372 g/mol. The Kier molecular flexibility index (Phi) is 5.48. The van der Waals surface area contributed by atoms with Crippen molar-refractivity contribution in [2.45, 2.75) is 53.1 Å². The fraction of sp³-hybridized carbons (Fsp3) is 0.478. The largest absolute Gasteiger partial charge is 0.492 e. The first-order chi connectivity index (χ1) is 13.6. The van der Waals surface area contributed by atoms with Gasteiger partial charge in [0.1, 0.15) is 29.3 Å². The van der Waals surface area contributed by atoms with Gasteiger partial charge in [-0.3, -0.25) is 4.79 Å². The molecule has 2 heterocycles. The zero-order valence-electron chi connectivity index (χ0n) is 17.9. The van der Waals surface area contributed by atoms with Crippen molar-refractivity contribution in [3.05, 3.63) is 39.8 Å². The zero-order valence-corrected chi connectivity index (χ0v) is 17.9. The highest BCUT2D eigenvalue weighted by Crippen LogP contribution is 2.44. The van der Waals surface area contributed by atoms with E-state index in [1.807, 2.05) is 26.0 Å². The number of rotatable bonds is 6. The quantitative estimate of drug-likeness (QED) is 0.525. The van der Waals surface area contributed by atoms with Gasteiger partial charge in [-0.1, -0.05) is 13.3 Å². The van der Waals surface area contributed by atoms with Gasteiger partial charge in [0.25, 0.3) is 0 Å². The summed E-state index contributed by atoms with van der Waals surface area (Å²) in [6.07, 6.45) is 5.54. The zero-order chi connectivity index (χ0) is 21.4. The Morgan fingerprint density at radius 2 is 1.97 bits per heavy atom. The van der Waals surface area contributed by atoms with Gasteiger partial charge in [-0.25, -0.2) is 4.79 Å². The number of methoxy groups -OCH3 is 1. The predicted octanol–water partition coefficient (Wildman–Crippen LogP) is 4.51. The summed E-state index contributed by atoms with van der Waals surface area (Å²) < 4.78 is 22.6. The molecule has 0 N–H and O–H groups in total. The summed E-state index contributed by atoms with van der Waals surface area (Å²) in [5.74, 6) is 0.762. The SMILES string of the molecule is CCCc1cc(=O)oc2cc(OCC(C)(C)C(=O)OC)c3c(c12)OC(C)(C)C=C3. The summed E-state index contributed by atoms with van der Waals surface area (Å²) >= 11 is 0. The Morgan fingerprint density at radius 3 is 2.62 bits per heavy atom. The second-order valence-corrected chi connectivity index (χ2v) is 8.53. The molecule has 29 heavy (non-hydrogen) atoms. The molecule has 0 amide bonds. The summed E-state index contributed by atoms with van der Waals surface area (Å²) in [6.45, 7) is 9.59. The molecule has 0 radical (unpaired) electrons. The van der Waals surface area contributed by atoms with Crippen molar-refractivity contribution in [1.29, 1.82) is 0 Å². The van der Waals surface area contributed by atoms with Gasteiger partial charge < -0.3 is 18.6 Å². The van der Waals surface area contributed by atoms with Crippen LogP contribution < -0.4 is 15.1 Å². The van der Waals surface area contributed by atoms with Gasteiger partial charge in [-0.05, 0) is 51.8 Å². The van der Waals surface area contributed by atoms with Crippen molar-refractivity contribution in [3.63, 3.8) is 0 Å². The Bertz CT molecular complexity index is 1030. The van der Waals surface area contributed by atoms with Crippen LogP contribution in [0.3, 0.4) is 0 Å². The molecule has 0 saturated carbocycles. The van der Waals surface area contributed by atoms with Crippen molar-refractivity contribution in [2.24, 2.45) is 5.41 Å². The molecule has 1 aromatic heterocycles. The van der Waals surface area contributed by atoms with Crippen molar-refractivity contribution in [2.75, 3.05) is 13.7 Å². The van der Waals surface area contributed by atoms with E-state index in [9.17, 15) is 9.59 Å². The fourth-order valence-electron chi connectivity index (χ4n) is 3.39. The molecule has 6 nitrogen and oxygen atoms in total. The van der Waals surface area contributed by atoms with Gasteiger partial charge in [-0.2, -0.15) is 0 Å². The number of carbonyl (C=O) groups excluding carboxylic acids is 1. The van der Waals surface area contributed by atoms with Crippen molar-refractivity contribution in [1.82, 2.24) is 0 Å². The van der Waals surface area contributed by atoms with Crippen molar-refractivity contribution < 1.29 is 23.4 Å². The Morgan fingerprint density at radius 1 is 1.24 bits per heavy atom. The summed E-state index contributed by atoms with van der Waals surface area (Å²) in [7, 11) is 1.35. The van der Waals surface area contributed by atoms with Crippen LogP contribution >= 0.6 is 0 Å². The Hall–Kier alpha value is -2.76. The van der Waals surface area contributed by atoms with Crippen molar-refractivity contribution >= 4 is 23.0 Å². The van der Waals surface area contributed by atoms with Crippen molar-refractivity contribution in [3.8, 4) is 11.5 Å². The van der Waals surface area contributed by atoms with E-state index in [0.29, 0.717) is 17.1 Å². The molecule has 2 aromatic rings. The molecule has 0 fully saturated rings. The molecule has 6 heteroatoms. The first-order valence-corrected chi connectivity index (χ1v) is 9.81. The third kappa shape index (κ3) is 4.16. The first kappa shape index (κ1) is 21.0. The van der Waals surface area contributed by atoms with E-state index in [1.54, 1.807) is 19.9 Å². The Labute approximate surface area is 170 Å². The van der Waals surface area contributed by atoms with Crippen LogP contribution in [-0.4, -0.2) is 25.3 Å². The topological polar surface area (TPSA) is 75.0 Å². The van der Waals surface area contributed by atoms with Crippen LogP contribution in [0.2, 0.25) is 0 Å². The third-order valence-corrected chi connectivity index (χ3v) is 4.93. The molecule has 0 aliphatic carbocycles. The van der Waals surface area contributed by atoms with Gasteiger partial charge >= 0.3 is 11.6 Å². The molecule has 1 aliphatic rings. The predicted molar refractivity (Wildman–Crippen MR) is 112 cm³/mol. The second kappa shape index (κ2) is 7.58. The highest BCUT2D eigenvalue weighted by molar-refractivity contribution is 5.94. The van der Waals surface area contributed by atoms with E-state index >= 15 is 0 Å². The van der Waals surface area contributed by atoms with Crippen LogP contribution in [0.4, 0.5) is 0 Å². The Balaban J connectivity index is 2.17. The maximum atomic E-state index is 12.1. The smallest absolute Gasteiger partial charge is 0.336 e. The van der Waals surface area contributed by atoms with Gasteiger partial charge in [-0.15, -0.1) is 0 Å². The van der Waals surface area contributed by atoms with Crippen LogP contribution in [0.5, 0.6) is 11.5 Å². The number of aryl methyl sites for hydroxylation is 1. The number of esters is 1. The fourth-order valence-corrected chi connectivity index (χ4v) is 3.39. The number of hydrogen-bond donors (Lipinski definition) is 0. The molecule has 1 aliphatic heterocycles.